The SMILES string of the molecule is CCOc1cc(C(=O)OCC(=O)NC[C@H]2COc3ccccc3O2)ccc1OC. The van der Waals surface area contributed by atoms with Crippen LogP contribution in [0.15, 0.2) is 42.5 Å². The summed E-state index contributed by atoms with van der Waals surface area (Å²) in [5.74, 6) is 1.19. The Bertz CT molecular complexity index is 868. The number of esters is 1. The molecule has 0 saturated heterocycles. The van der Waals surface area contributed by atoms with Crippen LogP contribution in [0.2, 0.25) is 0 Å². The van der Waals surface area contributed by atoms with Crippen LogP contribution >= 0.6 is 0 Å². The summed E-state index contributed by atoms with van der Waals surface area (Å²) in [4.78, 5) is 24.2. The molecule has 0 unspecified atom stereocenters. The molecule has 2 aromatic carbocycles. The number of hydrogen-bond acceptors (Lipinski definition) is 7. The third-order valence-electron chi connectivity index (χ3n) is 4.13. The Morgan fingerprint density at radius 1 is 1.14 bits per heavy atom. The lowest BCUT2D eigenvalue weighted by molar-refractivity contribution is -0.124. The number of nitrogens with one attached hydrogen (secondary N) is 1. The molecule has 0 radical (unpaired) electrons. The molecular formula is C21H23NO7. The Labute approximate surface area is 168 Å². The van der Waals surface area contributed by atoms with Crippen LogP contribution in [0.3, 0.4) is 0 Å². The molecule has 0 fully saturated rings. The lowest BCUT2D eigenvalue weighted by Crippen LogP contribution is -2.42. The van der Waals surface area contributed by atoms with Crippen molar-refractivity contribution in [3.8, 4) is 23.0 Å². The first-order chi connectivity index (χ1) is 14.1. The van der Waals surface area contributed by atoms with Crippen molar-refractivity contribution >= 4 is 11.9 Å². The highest BCUT2D eigenvalue weighted by atomic mass is 16.6. The smallest absolute Gasteiger partial charge is 0.338 e. The fourth-order valence-corrected chi connectivity index (χ4v) is 2.73. The van der Waals surface area contributed by atoms with Gasteiger partial charge in [0.05, 0.1) is 25.8 Å². The summed E-state index contributed by atoms with van der Waals surface area (Å²) in [7, 11) is 1.51. The number of hydrogen-bond donors (Lipinski definition) is 1. The molecule has 1 aliphatic rings. The first kappa shape index (κ1) is 20.3. The highest BCUT2D eigenvalue weighted by Gasteiger charge is 2.21. The van der Waals surface area contributed by atoms with Crippen molar-refractivity contribution < 1.29 is 33.3 Å². The van der Waals surface area contributed by atoms with Gasteiger partial charge in [0.15, 0.2) is 29.6 Å². The Balaban J connectivity index is 1.46. The number of ether oxygens (including phenoxy) is 5. The molecule has 29 heavy (non-hydrogen) atoms. The van der Waals surface area contributed by atoms with Crippen LogP contribution in [0, 0.1) is 0 Å². The Morgan fingerprint density at radius 3 is 2.69 bits per heavy atom. The highest BCUT2D eigenvalue weighted by molar-refractivity contribution is 5.92. The van der Waals surface area contributed by atoms with E-state index in [1.807, 2.05) is 25.1 Å². The summed E-state index contributed by atoms with van der Waals surface area (Å²) < 4.78 is 27.0. The summed E-state index contributed by atoms with van der Waals surface area (Å²) in [6.45, 7) is 2.41. The summed E-state index contributed by atoms with van der Waals surface area (Å²) in [5.41, 5.74) is 0.266. The van der Waals surface area contributed by atoms with Crippen molar-refractivity contribution in [3.05, 3.63) is 48.0 Å². The summed E-state index contributed by atoms with van der Waals surface area (Å²) in [6.07, 6.45) is -0.320. The number of benzene rings is 2. The van der Waals surface area contributed by atoms with Gasteiger partial charge in [0.25, 0.3) is 5.91 Å². The quantitative estimate of drug-likeness (QED) is 0.678. The molecule has 3 rings (SSSR count). The van der Waals surface area contributed by atoms with E-state index in [2.05, 4.69) is 5.32 Å². The molecule has 0 aliphatic carbocycles. The zero-order chi connectivity index (χ0) is 20.6. The fraction of sp³-hybridized carbons (Fsp3) is 0.333. The Kier molecular flexibility index (Phi) is 6.78. The van der Waals surface area contributed by atoms with Crippen LogP contribution in [0.5, 0.6) is 23.0 Å². The van der Waals surface area contributed by atoms with Crippen LogP contribution in [0.1, 0.15) is 17.3 Å². The third-order valence-corrected chi connectivity index (χ3v) is 4.13. The van der Waals surface area contributed by atoms with Crippen molar-refractivity contribution in [2.75, 3.05) is 33.5 Å². The minimum absolute atomic E-state index is 0.238. The van der Waals surface area contributed by atoms with Crippen molar-refractivity contribution in [1.82, 2.24) is 5.32 Å². The van der Waals surface area contributed by atoms with Gasteiger partial charge in [0.1, 0.15) is 12.7 Å². The van der Waals surface area contributed by atoms with E-state index in [1.165, 1.54) is 13.2 Å². The van der Waals surface area contributed by atoms with Gasteiger partial charge in [-0.05, 0) is 37.3 Å². The van der Waals surface area contributed by atoms with Gasteiger partial charge in [0, 0.05) is 0 Å². The normalized spacial score (nSPS) is 14.6. The van der Waals surface area contributed by atoms with Gasteiger partial charge in [-0.2, -0.15) is 0 Å². The summed E-state index contributed by atoms with van der Waals surface area (Å²) in [5, 5.41) is 2.67. The summed E-state index contributed by atoms with van der Waals surface area (Å²) in [6, 6.07) is 12.0. The average Bonchev–Trinajstić information content (AvgIpc) is 2.76. The molecule has 154 valence electrons. The van der Waals surface area contributed by atoms with Gasteiger partial charge in [-0.3, -0.25) is 4.79 Å². The zero-order valence-corrected chi connectivity index (χ0v) is 16.3. The van der Waals surface area contributed by atoms with Gasteiger partial charge >= 0.3 is 5.97 Å². The molecule has 1 aliphatic heterocycles. The number of rotatable bonds is 8. The van der Waals surface area contributed by atoms with Crippen molar-refractivity contribution in [3.63, 3.8) is 0 Å². The molecular weight excluding hydrogens is 378 g/mol. The molecule has 1 amide bonds. The number of fused-ring (bicyclic) bond motifs is 1. The molecule has 1 N–H and O–H groups in total. The number of para-hydroxylation sites is 2. The van der Waals surface area contributed by atoms with Gasteiger partial charge in [-0.1, -0.05) is 12.1 Å². The maximum Gasteiger partial charge on any atom is 0.338 e. The number of carbonyl (C=O) groups is 2. The maximum atomic E-state index is 12.2. The number of carbonyl (C=O) groups excluding carboxylic acids is 2. The molecule has 1 atom stereocenters. The lowest BCUT2D eigenvalue weighted by atomic mass is 10.2. The van der Waals surface area contributed by atoms with Crippen molar-refractivity contribution in [1.29, 1.82) is 0 Å². The Hall–Kier alpha value is -3.42. The van der Waals surface area contributed by atoms with E-state index in [4.69, 9.17) is 23.7 Å². The van der Waals surface area contributed by atoms with E-state index in [0.717, 1.165) is 0 Å². The third kappa shape index (κ3) is 5.31. The molecule has 0 aromatic heterocycles. The predicted molar refractivity (Wildman–Crippen MR) is 104 cm³/mol. The van der Waals surface area contributed by atoms with Gasteiger partial charge < -0.3 is 29.0 Å². The Morgan fingerprint density at radius 2 is 1.93 bits per heavy atom. The lowest BCUT2D eigenvalue weighted by Gasteiger charge is -2.26. The van der Waals surface area contributed by atoms with E-state index >= 15 is 0 Å². The average molecular weight is 401 g/mol. The van der Waals surface area contributed by atoms with Crippen LogP contribution in [0.25, 0.3) is 0 Å². The number of amides is 1. The molecule has 0 spiro atoms. The first-order valence-corrected chi connectivity index (χ1v) is 9.23. The molecule has 0 bridgehead atoms. The minimum Gasteiger partial charge on any atom is -0.493 e. The van der Waals surface area contributed by atoms with Gasteiger partial charge in [-0.15, -0.1) is 0 Å². The van der Waals surface area contributed by atoms with Gasteiger partial charge in [-0.25, -0.2) is 4.79 Å². The van der Waals surface area contributed by atoms with Gasteiger partial charge in [0.2, 0.25) is 0 Å². The molecule has 8 nitrogen and oxygen atoms in total. The molecule has 0 saturated carbocycles. The van der Waals surface area contributed by atoms with E-state index < -0.39 is 18.5 Å². The first-order valence-electron chi connectivity index (χ1n) is 9.23. The monoisotopic (exact) mass is 401 g/mol. The van der Waals surface area contributed by atoms with E-state index in [1.54, 1.807) is 18.2 Å². The van der Waals surface area contributed by atoms with Crippen LogP contribution in [-0.4, -0.2) is 51.5 Å². The second kappa shape index (κ2) is 9.68. The van der Waals surface area contributed by atoms with E-state index in [9.17, 15) is 9.59 Å². The maximum absolute atomic E-state index is 12.2. The topological polar surface area (TPSA) is 92.3 Å². The minimum atomic E-state index is -0.630. The van der Waals surface area contributed by atoms with Crippen LogP contribution < -0.4 is 24.3 Å². The molecule has 2 aromatic rings. The van der Waals surface area contributed by atoms with Crippen LogP contribution in [-0.2, 0) is 9.53 Å². The van der Waals surface area contributed by atoms with E-state index in [-0.39, 0.29) is 18.2 Å². The second-order valence-electron chi connectivity index (χ2n) is 6.18. The fourth-order valence-electron chi connectivity index (χ4n) is 2.73. The van der Waals surface area contributed by atoms with Crippen molar-refractivity contribution in [2.24, 2.45) is 0 Å². The highest BCUT2D eigenvalue weighted by Crippen LogP contribution is 2.30. The molecule has 8 heteroatoms. The zero-order valence-electron chi connectivity index (χ0n) is 16.3. The van der Waals surface area contributed by atoms with Crippen LogP contribution in [0.4, 0.5) is 0 Å². The second-order valence-corrected chi connectivity index (χ2v) is 6.18. The summed E-state index contributed by atoms with van der Waals surface area (Å²) >= 11 is 0. The largest absolute Gasteiger partial charge is 0.493 e. The predicted octanol–water partition coefficient (Wildman–Crippen LogP) is 2.21. The number of methoxy groups -OCH3 is 1. The van der Waals surface area contributed by atoms with Crippen molar-refractivity contribution in [2.45, 2.75) is 13.0 Å². The standard InChI is InChI=1S/C21H23NO7/c1-3-26-19-10-14(8-9-16(19)25-2)21(24)28-13-20(23)22-11-15-12-27-17-6-4-5-7-18(17)29-15/h4-10,15H,3,11-13H2,1-2H3,(H,22,23)/t15-/m0/s1. The molecule has 1 heterocycles. The van der Waals surface area contributed by atoms with E-state index in [0.29, 0.717) is 36.2 Å².